The summed E-state index contributed by atoms with van der Waals surface area (Å²) >= 11 is 6.82. The fourth-order valence-electron chi connectivity index (χ4n) is 3.16. The first-order valence-electron chi connectivity index (χ1n) is 9.82. The molecule has 0 radical (unpaired) electrons. The van der Waals surface area contributed by atoms with Crippen molar-refractivity contribution in [3.05, 3.63) is 75.8 Å². The lowest BCUT2D eigenvalue weighted by Gasteiger charge is -2.21. The van der Waals surface area contributed by atoms with E-state index in [0.29, 0.717) is 5.75 Å². The van der Waals surface area contributed by atoms with Crippen molar-refractivity contribution >= 4 is 62.4 Å². The van der Waals surface area contributed by atoms with Gasteiger partial charge in [0, 0.05) is 19.2 Å². The van der Waals surface area contributed by atoms with Gasteiger partial charge in [-0.25, -0.2) is 5.43 Å². The van der Waals surface area contributed by atoms with Crippen LogP contribution in [0.25, 0.3) is 0 Å². The highest BCUT2D eigenvalue weighted by molar-refractivity contribution is 9.10. The highest BCUT2D eigenvalue weighted by Crippen LogP contribution is 2.44. The summed E-state index contributed by atoms with van der Waals surface area (Å²) in [7, 11) is 0. The molecule has 0 saturated carbocycles. The second kappa shape index (κ2) is 9.51. The van der Waals surface area contributed by atoms with Gasteiger partial charge in [-0.3, -0.25) is 4.79 Å². The normalized spacial score (nSPS) is 12.6. The topological polar surface area (TPSA) is 53.5 Å². The van der Waals surface area contributed by atoms with Gasteiger partial charge in [0.25, 0.3) is 0 Å². The van der Waals surface area contributed by atoms with Gasteiger partial charge in [-0.2, -0.15) is 5.10 Å². The minimum absolute atomic E-state index is 0.120. The highest BCUT2D eigenvalue weighted by Gasteiger charge is 2.16. The molecular weight excluding hydrogens is 490 g/mol. The summed E-state index contributed by atoms with van der Waals surface area (Å²) in [5.74, 6) is 0.197. The number of para-hydroxylation sites is 1. The Labute approximate surface area is 199 Å². The molecular formula is C24H22BrN3OS2. The lowest BCUT2D eigenvalue weighted by molar-refractivity contribution is -0.118. The number of amides is 1. The molecule has 3 aromatic carbocycles. The Morgan fingerprint density at radius 2 is 1.84 bits per heavy atom. The van der Waals surface area contributed by atoms with Crippen molar-refractivity contribution < 1.29 is 4.79 Å². The van der Waals surface area contributed by atoms with E-state index in [9.17, 15) is 4.79 Å². The zero-order chi connectivity index (χ0) is 22.0. The van der Waals surface area contributed by atoms with Gasteiger partial charge < -0.3 is 5.32 Å². The number of nitrogens with zero attached hydrogens (tertiary/aromatic N) is 1. The molecule has 1 aliphatic heterocycles. The first kappa shape index (κ1) is 22.0. The molecule has 0 bridgehead atoms. The summed E-state index contributed by atoms with van der Waals surface area (Å²) in [4.78, 5) is 15.8. The number of hydrogen-bond acceptors (Lipinski definition) is 5. The first-order valence-corrected chi connectivity index (χ1v) is 12.4. The van der Waals surface area contributed by atoms with Crippen molar-refractivity contribution in [2.75, 3.05) is 11.1 Å². The molecule has 0 aliphatic carbocycles. The molecule has 4 nitrogen and oxygen atoms in total. The van der Waals surface area contributed by atoms with E-state index in [0.717, 1.165) is 43.1 Å². The van der Waals surface area contributed by atoms with E-state index >= 15 is 0 Å². The Hall–Kier alpha value is -2.22. The second-order valence-corrected chi connectivity index (χ2v) is 10.3. The molecule has 2 N–H and O–H groups in total. The Bertz CT molecular complexity index is 1190. The highest BCUT2D eigenvalue weighted by atomic mass is 79.9. The Balaban J connectivity index is 1.39. The van der Waals surface area contributed by atoms with Crippen LogP contribution in [-0.4, -0.2) is 17.4 Å². The Kier molecular flexibility index (Phi) is 6.74. The van der Waals surface area contributed by atoms with Crippen LogP contribution in [0.4, 0.5) is 11.4 Å². The molecule has 3 aromatic rings. The van der Waals surface area contributed by atoms with Crippen molar-refractivity contribution in [2.24, 2.45) is 5.10 Å². The SMILES string of the molecule is C/C(=N\NC(=O)CSc1cc(C)c(Br)cc1C)c1ccc2c(c1)Nc1ccccc1S2. The molecule has 0 spiro atoms. The van der Waals surface area contributed by atoms with Crippen LogP contribution in [0.1, 0.15) is 23.6 Å². The van der Waals surface area contributed by atoms with Crippen molar-refractivity contribution in [2.45, 2.75) is 35.5 Å². The number of carbonyl (C=O) groups is 1. The van der Waals surface area contributed by atoms with Crippen LogP contribution in [0, 0.1) is 13.8 Å². The van der Waals surface area contributed by atoms with Crippen molar-refractivity contribution in [1.82, 2.24) is 5.43 Å². The van der Waals surface area contributed by atoms with E-state index in [1.54, 1.807) is 11.8 Å². The van der Waals surface area contributed by atoms with Crippen LogP contribution >= 0.6 is 39.5 Å². The van der Waals surface area contributed by atoms with Crippen LogP contribution in [0.5, 0.6) is 0 Å². The number of carbonyl (C=O) groups excluding carboxylic acids is 1. The van der Waals surface area contributed by atoms with Gasteiger partial charge in [0.15, 0.2) is 0 Å². The van der Waals surface area contributed by atoms with Crippen LogP contribution in [0.2, 0.25) is 0 Å². The maximum absolute atomic E-state index is 12.3. The van der Waals surface area contributed by atoms with Gasteiger partial charge in [0.2, 0.25) is 5.91 Å². The average Bonchev–Trinajstić information content (AvgIpc) is 2.77. The predicted molar refractivity (Wildman–Crippen MR) is 135 cm³/mol. The zero-order valence-electron chi connectivity index (χ0n) is 17.5. The molecule has 0 aromatic heterocycles. The average molecular weight is 512 g/mol. The smallest absolute Gasteiger partial charge is 0.250 e. The number of benzene rings is 3. The van der Waals surface area contributed by atoms with Crippen LogP contribution in [0.15, 0.2) is 78.9 Å². The molecule has 1 heterocycles. The van der Waals surface area contributed by atoms with Gasteiger partial charge in [-0.15, -0.1) is 11.8 Å². The summed E-state index contributed by atoms with van der Waals surface area (Å²) in [6, 6.07) is 18.6. The summed E-state index contributed by atoms with van der Waals surface area (Å²) in [6.45, 7) is 6.00. The number of hydrogen-bond donors (Lipinski definition) is 2. The number of aryl methyl sites for hydroxylation is 2. The number of rotatable bonds is 5. The maximum Gasteiger partial charge on any atom is 0.250 e. The molecule has 0 saturated heterocycles. The Morgan fingerprint density at radius 3 is 2.68 bits per heavy atom. The van der Waals surface area contributed by atoms with E-state index in [1.807, 2.05) is 39.0 Å². The third kappa shape index (κ3) is 5.17. The van der Waals surface area contributed by atoms with E-state index in [1.165, 1.54) is 21.6 Å². The molecule has 1 amide bonds. The van der Waals surface area contributed by atoms with Gasteiger partial charge in [0.1, 0.15) is 0 Å². The second-order valence-electron chi connectivity index (χ2n) is 7.32. The van der Waals surface area contributed by atoms with Crippen LogP contribution in [-0.2, 0) is 4.79 Å². The number of anilines is 2. The number of hydrazone groups is 1. The fraction of sp³-hybridized carbons (Fsp3) is 0.167. The first-order chi connectivity index (χ1) is 14.9. The molecule has 31 heavy (non-hydrogen) atoms. The van der Waals surface area contributed by atoms with Gasteiger partial charge in [0.05, 0.1) is 22.8 Å². The monoisotopic (exact) mass is 511 g/mol. The maximum atomic E-state index is 12.3. The van der Waals surface area contributed by atoms with Crippen molar-refractivity contribution in [3.8, 4) is 0 Å². The third-order valence-corrected chi connectivity index (χ3v) is 8.10. The molecule has 158 valence electrons. The van der Waals surface area contributed by atoms with Gasteiger partial charge in [-0.1, -0.05) is 45.9 Å². The minimum atomic E-state index is -0.120. The lowest BCUT2D eigenvalue weighted by Crippen LogP contribution is -2.21. The van der Waals surface area contributed by atoms with Gasteiger partial charge >= 0.3 is 0 Å². The summed E-state index contributed by atoms with van der Waals surface area (Å²) in [5.41, 5.74) is 8.89. The molecule has 0 unspecified atom stereocenters. The van der Waals surface area contributed by atoms with Gasteiger partial charge in [-0.05, 0) is 73.9 Å². The Morgan fingerprint density at radius 1 is 1.06 bits per heavy atom. The molecule has 1 aliphatic rings. The van der Waals surface area contributed by atoms with Crippen LogP contribution < -0.4 is 10.7 Å². The summed E-state index contributed by atoms with van der Waals surface area (Å²) < 4.78 is 1.08. The number of halogens is 1. The molecule has 0 atom stereocenters. The lowest BCUT2D eigenvalue weighted by atomic mass is 10.1. The summed E-state index contributed by atoms with van der Waals surface area (Å²) in [6.07, 6.45) is 0. The van der Waals surface area contributed by atoms with E-state index in [4.69, 9.17) is 0 Å². The molecule has 4 rings (SSSR count). The number of thioether (sulfide) groups is 1. The van der Waals surface area contributed by atoms with Crippen molar-refractivity contribution in [1.29, 1.82) is 0 Å². The zero-order valence-corrected chi connectivity index (χ0v) is 20.7. The fourth-order valence-corrected chi connectivity index (χ4v) is 5.48. The standard InChI is InChI=1S/C24H22BrN3OS2/c1-14-11-23(15(2)10-18(14)25)30-13-24(29)28-27-16(3)17-8-9-22-20(12-17)26-19-6-4-5-7-21(19)31-22/h4-12,26H,13H2,1-3H3,(H,28,29)/b27-16+. The minimum Gasteiger partial charge on any atom is -0.354 e. The van der Waals surface area contributed by atoms with E-state index in [-0.39, 0.29) is 5.91 Å². The summed E-state index contributed by atoms with van der Waals surface area (Å²) in [5, 5.41) is 7.80. The molecule has 0 fully saturated rings. The largest absolute Gasteiger partial charge is 0.354 e. The predicted octanol–water partition coefficient (Wildman–Crippen LogP) is 6.91. The third-order valence-electron chi connectivity index (χ3n) is 4.94. The van der Waals surface area contributed by atoms with E-state index in [2.05, 4.69) is 68.2 Å². The number of nitrogens with one attached hydrogen (secondary N) is 2. The van der Waals surface area contributed by atoms with Crippen molar-refractivity contribution in [3.63, 3.8) is 0 Å². The quantitative estimate of drug-likeness (QED) is 0.173. The number of fused-ring (bicyclic) bond motifs is 2. The van der Waals surface area contributed by atoms with E-state index < -0.39 is 0 Å². The molecule has 7 heteroatoms. The van der Waals surface area contributed by atoms with Crippen LogP contribution in [0.3, 0.4) is 0 Å².